The number of carbonyl (C=O) groups excluding carboxylic acids is 1. The normalized spacial score (nSPS) is 18.6. The largest absolute Gasteiger partial charge is 0.353 e. The molecule has 0 spiro atoms. The molecule has 0 bridgehead atoms. The van der Waals surface area contributed by atoms with Crippen molar-refractivity contribution in [3.05, 3.63) is 6.92 Å². The van der Waals surface area contributed by atoms with Gasteiger partial charge in [-0.1, -0.05) is 19.8 Å². The maximum absolute atomic E-state index is 11.0. The first-order chi connectivity index (χ1) is 5.33. The molecule has 0 aliphatic heterocycles. The van der Waals surface area contributed by atoms with Crippen LogP contribution in [0.4, 0.5) is 0 Å². The Morgan fingerprint density at radius 3 is 2.64 bits per heavy atom. The lowest BCUT2D eigenvalue weighted by molar-refractivity contribution is -0.121. The molecule has 0 atom stereocenters. The average molecular weight is 154 g/mol. The Balaban J connectivity index is 2.13. The maximum atomic E-state index is 11.0. The van der Waals surface area contributed by atoms with E-state index >= 15 is 0 Å². The molecule has 2 nitrogen and oxygen atoms in total. The van der Waals surface area contributed by atoms with E-state index in [1.165, 1.54) is 25.7 Å². The van der Waals surface area contributed by atoms with Crippen molar-refractivity contribution in [1.82, 2.24) is 5.32 Å². The summed E-state index contributed by atoms with van der Waals surface area (Å²) in [4.78, 5) is 11.0. The number of carbonyl (C=O) groups is 1. The van der Waals surface area contributed by atoms with E-state index in [1.807, 2.05) is 0 Å². The summed E-state index contributed by atoms with van der Waals surface area (Å²) in [6.07, 6.45) is 6.17. The Hall–Kier alpha value is -0.530. The SMILES string of the molecule is [CH2]CCC(=O)NC1CCCC1. The highest BCUT2D eigenvalue weighted by Crippen LogP contribution is 2.17. The molecule has 0 unspecified atom stereocenters. The lowest BCUT2D eigenvalue weighted by Crippen LogP contribution is -2.32. The van der Waals surface area contributed by atoms with Gasteiger partial charge >= 0.3 is 0 Å². The molecule has 0 aromatic rings. The molecule has 1 N–H and O–H groups in total. The minimum atomic E-state index is 0.173. The third-order valence-corrected chi connectivity index (χ3v) is 2.12. The van der Waals surface area contributed by atoms with Gasteiger partial charge in [0.15, 0.2) is 0 Å². The van der Waals surface area contributed by atoms with Crippen LogP contribution in [0.5, 0.6) is 0 Å². The van der Waals surface area contributed by atoms with Crippen molar-refractivity contribution in [1.29, 1.82) is 0 Å². The van der Waals surface area contributed by atoms with Gasteiger partial charge in [-0.25, -0.2) is 0 Å². The molecule has 1 rings (SSSR count). The summed E-state index contributed by atoms with van der Waals surface area (Å²) < 4.78 is 0. The third kappa shape index (κ3) is 2.91. The zero-order valence-electron chi connectivity index (χ0n) is 6.94. The number of nitrogens with one attached hydrogen (secondary N) is 1. The molecule has 1 radical (unpaired) electrons. The second-order valence-corrected chi connectivity index (χ2v) is 3.15. The van der Waals surface area contributed by atoms with Crippen LogP contribution in [-0.4, -0.2) is 11.9 Å². The fraction of sp³-hybridized carbons (Fsp3) is 0.778. The van der Waals surface area contributed by atoms with Crippen molar-refractivity contribution in [2.75, 3.05) is 0 Å². The highest BCUT2D eigenvalue weighted by atomic mass is 16.1. The van der Waals surface area contributed by atoms with Crippen LogP contribution in [0.3, 0.4) is 0 Å². The van der Waals surface area contributed by atoms with Crippen LogP contribution in [0, 0.1) is 6.92 Å². The Morgan fingerprint density at radius 1 is 1.45 bits per heavy atom. The second kappa shape index (κ2) is 4.37. The van der Waals surface area contributed by atoms with Crippen LogP contribution >= 0.6 is 0 Å². The van der Waals surface area contributed by atoms with E-state index in [1.54, 1.807) is 0 Å². The van der Waals surface area contributed by atoms with E-state index in [0.29, 0.717) is 18.9 Å². The number of rotatable bonds is 3. The lowest BCUT2D eigenvalue weighted by Gasteiger charge is -2.10. The third-order valence-electron chi connectivity index (χ3n) is 2.12. The standard InChI is InChI=1S/C9H16NO/c1-2-5-9(11)10-8-6-3-4-7-8/h8H,1-7H2,(H,10,11). The van der Waals surface area contributed by atoms with Crippen LogP contribution in [0.25, 0.3) is 0 Å². The van der Waals surface area contributed by atoms with E-state index < -0.39 is 0 Å². The summed E-state index contributed by atoms with van der Waals surface area (Å²) in [6.45, 7) is 3.64. The number of amides is 1. The summed E-state index contributed by atoms with van der Waals surface area (Å²) >= 11 is 0. The number of hydrogen-bond acceptors (Lipinski definition) is 1. The predicted octanol–water partition coefficient (Wildman–Crippen LogP) is 1.66. The van der Waals surface area contributed by atoms with E-state index in [4.69, 9.17) is 0 Å². The summed E-state index contributed by atoms with van der Waals surface area (Å²) in [5, 5.41) is 3.00. The fourth-order valence-electron chi connectivity index (χ4n) is 1.53. The van der Waals surface area contributed by atoms with E-state index in [9.17, 15) is 4.79 Å². The summed E-state index contributed by atoms with van der Waals surface area (Å²) in [5.74, 6) is 0.173. The van der Waals surface area contributed by atoms with Gasteiger partial charge in [-0.05, 0) is 19.3 Å². The maximum Gasteiger partial charge on any atom is 0.220 e. The Bertz CT molecular complexity index is 128. The van der Waals surface area contributed by atoms with Gasteiger partial charge in [-0.3, -0.25) is 4.79 Å². The molecular weight excluding hydrogens is 138 g/mol. The van der Waals surface area contributed by atoms with Crippen LogP contribution < -0.4 is 5.32 Å². The molecule has 1 amide bonds. The van der Waals surface area contributed by atoms with Gasteiger partial charge in [0.1, 0.15) is 0 Å². The van der Waals surface area contributed by atoms with Gasteiger partial charge in [0.05, 0.1) is 0 Å². The van der Waals surface area contributed by atoms with Crippen molar-refractivity contribution in [3.63, 3.8) is 0 Å². The first kappa shape index (κ1) is 8.57. The summed E-state index contributed by atoms with van der Waals surface area (Å²) in [6, 6.07) is 0.467. The zero-order chi connectivity index (χ0) is 8.10. The van der Waals surface area contributed by atoms with Crippen LogP contribution in [0.15, 0.2) is 0 Å². The molecule has 0 aromatic heterocycles. The minimum absolute atomic E-state index is 0.173. The van der Waals surface area contributed by atoms with Crippen molar-refractivity contribution < 1.29 is 4.79 Å². The smallest absolute Gasteiger partial charge is 0.220 e. The van der Waals surface area contributed by atoms with Crippen molar-refractivity contribution in [3.8, 4) is 0 Å². The van der Waals surface area contributed by atoms with Crippen LogP contribution in [0.2, 0.25) is 0 Å². The van der Waals surface area contributed by atoms with Gasteiger partial charge < -0.3 is 5.32 Å². The molecule has 1 fully saturated rings. The van der Waals surface area contributed by atoms with E-state index in [0.717, 1.165) is 0 Å². The molecule has 63 valence electrons. The molecule has 1 saturated carbocycles. The van der Waals surface area contributed by atoms with Gasteiger partial charge in [-0.2, -0.15) is 0 Å². The first-order valence-electron chi connectivity index (χ1n) is 4.41. The van der Waals surface area contributed by atoms with Crippen molar-refractivity contribution in [2.45, 2.75) is 44.6 Å². The van der Waals surface area contributed by atoms with Gasteiger partial charge in [0.2, 0.25) is 5.91 Å². The Labute approximate surface area is 68.4 Å². The fourth-order valence-corrected chi connectivity index (χ4v) is 1.53. The molecule has 0 saturated heterocycles. The molecule has 0 aromatic carbocycles. The quantitative estimate of drug-likeness (QED) is 0.658. The summed E-state index contributed by atoms with van der Waals surface area (Å²) in [7, 11) is 0. The van der Waals surface area contributed by atoms with Gasteiger partial charge in [0.25, 0.3) is 0 Å². The average Bonchev–Trinajstić information content (AvgIpc) is 2.40. The first-order valence-corrected chi connectivity index (χ1v) is 4.41. The summed E-state index contributed by atoms with van der Waals surface area (Å²) in [5.41, 5.74) is 0. The van der Waals surface area contributed by atoms with Crippen LogP contribution in [-0.2, 0) is 4.79 Å². The molecule has 1 aliphatic rings. The van der Waals surface area contributed by atoms with E-state index in [-0.39, 0.29) is 5.91 Å². The predicted molar refractivity (Wildman–Crippen MR) is 45.0 cm³/mol. The monoisotopic (exact) mass is 154 g/mol. The Morgan fingerprint density at radius 2 is 2.09 bits per heavy atom. The number of hydrogen-bond donors (Lipinski definition) is 1. The molecular formula is C9H16NO. The lowest BCUT2D eigenvalue weighted by atomic mass is 10.2. The molecule has 1 aliphatic carbocycles. The highest BCUT2D eigenvalue weighted by molar-refractivity contribution is 5.76. The minimum Gasteiger partial charge on any atom is -0.353 e. The van der Waals surface area contributed by atoms with Crippen LogP contribution in [0.1, 0.15) is 38.5 Å². The van der Waals surface area contributed by atoms with Gasteiger partial charge in [-0.15, -0.1) is 0 Å². The second-order valence-electron chi connectivity index (χ2n) is 3.15. The molecule has 2 heteroatoms. The Kier molecular flexibility index (Phi) is 3.40. The van der Waals surface area contributed by atoms with E-state index in [2.05, 4.69) is 12.2 Å². The molecule has 11 heavy (non-hydrogen) atoms. The van der Waals surface area contributed by atoms with Crippen molar-refractivity contribution in [2.24, 2.45) is 0 Å². The zero-order valence-corrected chi connectivity index (χ0v) is 6.94. The van der Waals surface area contributed by atoms with Crippen molar-refractivity contribution >= 4 is 5.91 Å². The molecule has 0 heterocycles. The highest BCUT2D eigenvalue weighted by Gasteiger charge is 2.15. The van der Waals surface area contributed by atoms with Gasteiger partial charge in [0, 0.05) is 12.5 Å². The topological polar surface area (TPSA) is 29.1 Å².